The average molecular weight is 258 g/mol. The topological polar surface area (TPSA) is 55.0 Å². The molecular weight excluding hydrogens is 240 g/mol. The molecular formula is C15H18N2O2. The second kappa shape index (κ2) is 6.73. The first-order valence-electron chi connectivity index (χ1n) is 6.55. The minimum Gasteiger partial charge on any atom is -0.461 e. The zero-order valence-corrected chi connectivity index (χ0v) is 11.1. The van der Waals surface area contributed by atoms with Crippen LogP contribution in [0.2, 0.25) is 0 Å². The summed E-state index contributed by atoms with van der Waals surface area (Å²) in [7, 11) is 0. The summed E-state index contributed by atoms with van der Waals surface area (Å²) in [5, 5.41) is 6.84. The van der Waals surface area contributed by atoms with Crippen LogP contribution in [0.15, 0.2) is 36.4 Å². The number of nitrogens with zero attached hydrogens (tertiary/aromatic N) is 1. The number of hydrogen-bond donors (Lipinski definition) is 1. The number of carbonyl (C=O) groups excluding carboxylic acids is 1. The zero-order chi connectivity index (χ0) is 13.5. The van der Waals surface area contributed by atoms with E-state index >= 15 is 0 Å². The summed E-state index contributed by atoms with van der Waals surface area (Å²) in [6.45, 7) is 2.15. The normalized spacial score (nSPS) is 10.4. The van der Waals surface area contributed by atoms with Crippen LogP contribution in [0.4, 0.5) is 0 Å². The fourth-order valence-corrected chi connectivity index (χ4v) is 1.93. The summed E-state index contributed by atoms with van der Waals surface area (Å²) in [6.07, 6.45) is 2.92. The van der Waals surface area contributed by atoms with Crippen LogP contribution in [0.5, 0.6) is 0 Å². The van der Waals surface area contributed by atoms with Crippen LogP contribution in [0.25, 0.3) is 0 Å². The maximum Gasteiger partial charge on any atom is 0.358 e. The number of nitrogens with one attached hydrogen (secondary N) is 1. The van der Waals surface area contributed by atoms with Gasteiger partial charge in [-0.05, 0) is 37.8 Å². The molecule has 4 heteroatoms. The molecule has 0 saturated carbocycles. The Labute approximate surface area is 112 Å². The van der Waals surface area contributed by atoms with Gasteiger partial charge in [-0.2, -0.15) is 5.10 Å². The van der Waals surface area contributed by atoms with Crippen molar-refractivity contribution in [2.45, 2.75) is 26.2 Å². The van der Waals surface area contributed by atoms with Crippen LogP contribution in [-0.4, -0.2) is 22.8 Å². The molecule has 2 rings (SSSR count). The van der Waals surface area contributed by atoms with Gasteiger partial charge in [-0.1, -0.05) is 30.3 Å². The van der Waals surface area contributed by atoms with E-state index in [0.717, 1.165) is 25.0 Å². The number of aromatic nitrogens is 2. The number of aromatic amines is 1. The lowest BCUT2D eigenvalue weighted by atomic mass is 10.1. The molecule has 0 aliphatic carbocycles. The third-order valence-electron chi connectivity index (χ3n) is 2.87. The monoisotopic (exact) mass is 258 g/mol. The van der Waals surface area contributed by atoms with Crippen molar-refractivity contribution in [2.24, 2.45) is 0 Å². The number of rotatable bonds is 6. The lowest BCUT2D eigenvalue weighted by Crippen LogP contribution is -2.04. The molecule has 2 aromatic rings. The van der Waals surface area contributed by atoms with Gasteiger partial charge < -0.3 is 4.74 Å². The fourth-order valence-electron chi connectivity index (χ4n) is 1.93. The molecule has 0 spiro atoms. The van der Waals surface area contributed by atoms with Crippen LogP contribution < -0.4 is 0 Å². The second-order valence-electron chi connectivity index (χ2n) is 4.34. The van der Waals surface area contributed by atoms with E-state index in [0.29, 0.717) is 12.3 Å². The third kappa shape index (κ3) is 3.95. The Morgan fingerprint density at radius 2 is 2.05 bits per heavy atom. The number of benzene rings is 1. The highest BCUT2D eigenvalue weighted by Gasteiger charge is 2.10. The lowest BCUT2D eigenvalue weighted by molar-refractivity contribution is 0.0519. The fraction of sp³-hybridized carbons (Fsp3) is 0.333. The van der Waals surface area contributed by atoms with Crippen molar-refractivity contribution < 1.29 is 9.53 Å². The molecule has 0 atom stereocenters. The summed E-state index contributed by atoms with van der Waals surface area (Å²) in [6, 6.07) is 12.1. The first-order valence-corrected chi connectivity index (χ1v) is 6.55. The van der Waals surface area contributed by atoms with E-state index in [1.807, 2.05) is 18.2 Å². The molecule has 1 aromatic heterocycles. The van der Waals surface area contributed by atoms with Gasteiger partial charge in [-0.15, -0.1) is 0 Å². The molecule has 0 unspecified atom stereocenters. The molecule has 0 radical (unpaired) electrons. The van der Waals surface area contributed by atoms with E-state index in [-0.39, 0.29) is 5.97 Å². The van der Waals surface area contributed by atoms with E-state index in [9.17, 15) is 4.79 Å². The summed E-state index contributed by atoms with van der Waals surface area (Å²) in [5.41, 5.74) is 2.66. The molecule has 4 nitrogen and oxygen atoms in total. The van der Waals surface area contributed by atoms with Gasteiger partial charge in [-0.25, -0.2) is 4.79 Å². The van der Waals surface area contributed by atoms with Crippen molar-refractivity contribution in [1.29, 1.82) is 0 Å². The summed E-state index contributed by atoms with van der Waals surface area (Å²) >= 11 is 0. The first kappa shape index (κ1) is 13.3. The largest absolute Gasteiger partial charge is 0.461 e. The Kier molecular flexibility index (Phi) is 4.72. The highest BCUT2D eigenvalue weighted by molar-refractivity contribution is 5.87. The first-order chi connectivity index (χ1) is 9.29. The Morgan fingerprint density at radius 3 is 2.79 bits per heavy atom. The Hall–Kier alpha value is -2.10. The van der Waals surface area contributed by atoms with Gasteiger partial charge in [0, 0.05) is 5.69 Å². The van der Waals surface area contributed by atoms with Crippen LogP contribution in [0, 0.1) is 0 Å². The maximum atomic E-state index is 11.4. The molecule has 0 saturated heterocycles. The molecule has 1 heterocycles. The number of ether oxygens (including phenoxy) is 1. The van der Waals surface area contributed by atoms with E-state index in [1.54, 1.807) is 13.0 Å². The van der Waals surface area contributed by atoms with Crippen molar-refractivity contribution in [3.63, 3.8) is 0 Å². The molecule has 1 N–H and O–H groups in total. The van der Waals surface area contributed by atoms with Gasteiger partial charge in [-0.3, -0.25) is 5.10 Å². The van der Waals surface area contributed by atoms with Gasteiger partial charge in [0.2, 0.25) is 0 Å². The highest BCUT2D eigenvalue weighted by atomic mass is 16.5. The van der Waals surface area contributed by atoms with Gasteiger partial charge in [0.05, 0.1) is 6.61 Å². The average Bonchev–Trinajstić information content (AvgIpc) is 2.89. The molecule has 0 aliphatic heterocycles. The highest BCUT2D eigenvalue weighted by Crippen LogP contribution is 2.08. The standard InChI is InChI=1S/C15H18N2O2/c1-2-19-15(18)14-11-13(16-17-14)10-6-9-12-7-4-3-5-8-12/h3-5,7-8,11H,2,6,9-10H2,1H3,(H,16,17). The Morgan fingerprint density at radius 1 is 1.26 bits per heavy atom. The molecule has 0 bridgehead atoms. The van der Waals surface area contributed by atoms with Crippen LogP contribution >= 0.6 is 0 Å². The van der Waals surface area contributed by atoms with Gasteiger partial charge in [0.1, 0.15) is 0 Å². The van der Waals surface area contributed by atoms with E-state index in [4.69, 9.17) is 4.74 Å². The van der Waals surface area contributed by atoms with Gasteiger partial charge in [0.15, 0.2) is 5.69 Å². The molecule has 1 aromatic carbocycles. The smallest absolute Gasteiger partial charge is 0.358 e. The van der Waals surface area contributed by atoms with Crippen molar-refractivity contribution >= 4 is 5.97 Å². The van der Waals surface area contributed by atoms with Crippen molar-refractivity contribution in [1.82, 2.24) is 10.2 Å². The zero-order valence-electron chi connectivity index (χ0n) is 11.1. The van der Waals surface area contributed by atoms with Gasteiger partial charge in [0.25, 0.3) is 0 Å². The number of aryl methyl sites for hydroxylation is 2. The quantitative estimate of drug-likeness (QED) is 0.810. The van der Waals surface area contributed by atoms with Crippen molar-refractivity contribution in [3.8, 4) is 0 Å². The Bertz CT molecular complexity index is 520. The summed E-state index contributed by atoms with van der Waals surface area (Å²) in [5.74, 6) is -0.368. The predicted molar refractivity (Wildman–Crippen MR) is 73.0 cm³/mol. The summed E-state index contributed by atoms with van der Waals surface area (Å²) < 4.78 is 4.89. The van der Waals surface area contributed by atoms with Gasteiger partial charge >= 0.3 is 5.97 Å². The molecule has 0 aliphatic rings. The van der Waals surface area contributed by atoms with Crippen LogP contribution in [0.3, 0.4) is 0 Å². The minimum absolute atomic E-state index is 0.358. The second-order valence-corrected chi connectivity index (χ2v) is 4.34. The van der Waals surface area contributed by atoms with Crippen LogP contribution in [-0.2, 0) is 17.6 Å². The van der Waals surface area contributed by atoms with Crippen molar-refractivity contribution in [3.05, 3.63) is 53.3 Å². The summed E-state index contributed by atoms with van der Waals surface area (Å²) in [4.78, 5) is 11.4. The number of hydrogen-bond acceptors (Lipinski definition) is 3. The van der Waals surface area contributed by atoms with E-state index in [2.05, 4.69) is 22.3 Å². The number of H-pyrrole nitrogens is 1. The number of carbonyl (C=O) groups is 1. The van der Waals surface area contributed by atoms with Crippen LogP contribution in [0.1, 0.15) is 35.1 Å². The van der Waals surface area contributed by atoms with E-state index in [1.165, 1.54) is 5.56 Å². The molecule has 0 fully saturated rings. The SMILES string of the molecule is CCOC(=O)c1cc(CCCc2ccccc2)[nH]n1. The van der Waals surface area contributed by atoms with Crippen molar-refractivity contribution in [2.75, 3.05) is 6.61 Å². The maximum absolute atomic E-state index is 11.4. The van der Waals surface area contributed by atoms with E-state index < -0.39 is 0 Å². The predicted octanol–water partition coefficient (Wildman–Crippen LogP) is 2.76. The third-order valence-corrected chi connectivity index (χ3v) is 2.87. The molecule has 100 valence electrons. The molecule has 0 amide bonds. The Balaban J connectivity index is 1.82. The molecule has 19 heavy (non-hydrogen) atoms. The minimum atomic E-state index is -0.368. The lowest BCUT2D eigenvalue weighted by Gasteiger charge is -1.99. The number of esters is 1.